The average Bonchev–Trinajstić information content (AvgIpc) is 3.08. The second kappa shape index (κ2) is 6.05. The van der Waals surface area contributed by atoms with E-state index in [4.69, 9.17) is 15.0 Å². The van der Waals surface area contributed by atoms with Gasteiger partial charge >= 0.3 is 5.97 Å². The van der Waals surface area contributed by atoms with Gasteiger partial charge in [0.1, 0.15) is 5.76 Å². The molecule has 0 unspecified atom stereocenters. The number of thiophene rings is 1. The number of furan rings is 1. The minimum absolute atomic E-state index is 0.0864. The molecule has 19 heavy (non-hydrogen) atoms. The SMILES string of the molecule is COC(=O)c1ccc(CON=C(N)c2cccs2)o1. The van der Waals surface area contributed by atoms with Crippen molar-refractivity contribution in [2.75, 3.05) is 7.11 Å². The van der Waals surface area contributed by atoms with Crippen LogP contribution in [-0.4, -0.2) is 18.9 Å². The van der Waals surface area contributed by atoms with Crippen LogP contribution in [0.25, 0.3) is 0 Å². The number of carbonyl (C=O) groups is 1. The molecule has 0 amide bonds. The van der Waals surface area contributed by atoms with E-state index in [1.165, 1.54) is 24.5 Å². The van der Waals surface area contributed by atoms with Crippen LogP contribution in [0.2, 0.25) is 0 Å². The van der Waals surface area contributed by atoms with Gasteiger partial charge in [-0.05, 0) is 23.6 Å². The molecule has 100 valence electrons. The van der Waals surface area contributed by atoms with Gasteiger partial charge in [0.25, 0.3) is 0 Å². The smallest absolute Gasteiger partial charge is 0.373 e. The summed E-state index contributed by atoms with van der Waals surface area (Å²) in [5, 5.41) is 5.66. The largest absolute Gasteiger partial charge is 0.463 e. The van der Waals surface area contributed by atoms with Crippen molar-refractivity contribution in [3.05, 3.63) is 46.0 Å². The predicted octanol–water partition coefficient (Wildman–Crippen LogP) is 1.96. The summed E-state index contributed by atoms with van der Waals surface area (Å²) in [5.74, 6) is 0.349. The molecule has 0 spiro atoms. The summed E-state index contributed by atoms with van der Waals surface area (Å²) in [6.45, 7) is 0.0864. The third-order valence-corrected chi connectivity index (χ3v) is 3.08. The van der Waals surface area contributed by atoms with Crippen molar-refractivity contribution in [2.24, 2.45) is 10.9 Å². The molecule has 0 atom stereocenters. The van der Waals surface area contributed by atoms with E-state index >= 15 is 0 Å². The highest BCUT2D eigenvalue weighted by atomic mass is 32.1. The molecule has 2 aromatic rings. The lowest BCUT2D eigenvalue weighted by Gasteiger charge is -1.98. The molecule has 6 nitrogen and oxygen atoms in total. The standard InChI is InChI=1S/C12H12N2O4S/c1-16-12(15)9-5-4-8(18-9)7-17-14-11(13)10-3-2-6-19-10/h2-6H,7H2,1H3,(H2,13,14). The first-order valence-corrected chi connectivity index (χ1v) is 6.25. The Hall–Kier alpha value is -2.28. The highest BCUT2D eigenvalue weighted by Gasteiger charge is 2.11. The van der Waals surface area contributed by atoms with E-state index in [2.05, 4.69) is 9.89 Å². The maximum absolute atomic E-state index is 11.2. The molecule has 0 aliphatic rings. The molecule has 2 heterocycles. The Morgan fingerprint density at radius 1 is 1.47 bits per heavy atom. The molecule has 0 saturated heterocycles. The number of oxime groups is 1. The molecule has 0 bridgehead atoms. The number of hydrogen-bond donors (Lipinski definition) is 1. The summed E-state index contributed by atoms with van der Waals surface area (Å²) in [7, 11) is 1.28. The number of esters is 1. The third kappa shape index (κ3) is 3.35. The topological polar surface area (TPSA) is 87.0 Å². The summed E-state index contributed by atoms with van der Waals surface area (Å²) in [4.78, 5) is 17.0. The molecule has 0 saturated carbocycles. The van der Waals surface area contributed by atoms with Crippen LogP contribution >= 0.6 is 11.3 Å². The van der Waals surface area contributed by atoms with E-state index in [-0.39, 0.29) is 12.4 Å². The molecule has 7 heteroatoms. The van der Waals surface area contributed by atoms with Crippen LogP contribution in [0.15, 0.2) is 39.2 Å². The summed E-state index contributed by atoms with van der Waals surface area (Å²) < 4.78 is 9.72. The normalized spacial score (nSPS) is 11.3. The van der Waals surface area contributed by atoms with Crippen molar-refractivity contribution in [3.8, 4) is 0 Å². The van der Waals surface area contributed by atoms with Crippen molar-refractivity contribution >= 4 is 23.1 Å². The Balaban J connectivity index is 1.91. The highest BCUT2D eigenvalue weighted by molar-refractivity contribution is 7.12. The Bertz CT molecular complexity index is 574. The quantitative estimate of drug-likeness (QED) is 0.391. The lowest BCUT2D eigenvalue weighted by atomic mass is 10.4. The molecule has 2 aromatic heterocycles. The zero-order valence-electron chi connectivity index (χ0n) is 10.2. The van der Waals surface area contributed by atoms with E-state index in [9.17, 15) is 4.79 Å². The molecule has 0 aliphatic heterocycles. The fourth-order valence-corrected chi connectivity index (χ4v) is 1.92. The first kappa shape index (κ1) is 13.2. The predicted molar refractivity (Wildman–Crippen MR) is 69.9 cm³/mol. The number of hydrogen-bond acceptors (Lipinski definition) is 6. The zero-order valence-corrected chi connectivity index (χ0v) is 11.0. The Labute approximate surface area is 113 Å². The van der Waals surface area contributed by atoms with E-state index in [1.54, 1.807) is 6.07 Å². The lowest BCUT2D eigenvalue weighted by molar-refractivity contribution is 0.0553. The van der Waals surface area contributed by atoms with Crippen LogP contribution < -0.4 is 5.73 Å². The first-order valence-electron chi connectivity index (χ1n) is 5.37. The van der Waals surface area contributed by atoms with Gasteiger partial charge < -0.3 is 19.7 Å². The number of rotatable bonds is 5. The zero-order chi connectivity index (χ0) is 13.7. The molecule has 0 aliphatic carbocycles. The van der Waals surface area contributed by atoms with Gasteiger partial charge in [0, 0.05) is 0 Å². The van der Waals surface area contributed by atoms with Gasteiger partial charge in [-0.2, -0.15) is 0 Å². The minimum Gasteiger partial charge on any atom is -0.463 e. The van der Waals surface area contributed by atoms with Gasteiger partial charge in [-0.1, -0.05) is 11.2 Å². The summed E-state index contributed by atoms with van der Waals surface area (Å²) in [5.41, 5.74) is 5.71. The van der Waals surface area contributed by atoms with Gasteiger partial charge in [-0.25, -0.2) is 4.79 Å². The molecule has 0 radical (unpaired) electrons. The van der Waals surface area contributed by atoms with Crippen LogP contribution in [-0.2, 0) is 16.2 Å². The molecular formula is C12H12N2O4S. The van der Waals surface area contributed by atoms with Crippen molar-refractivity contribution in [3.63, 3.8) is 0 Å². The number of nitrogens with two attached hydrogens (primary N) is 1. The van der Waals surface area contributed by atoms with E-state index < -0.39 is 5.97 Å². The van der Waals surface area contributed by atoms with Crippen LogP contribution in [0.5, 0.6) is 0 Å². The van der Waals surface area contributed by atoms with Crippen LogP contribution in [0.3, 0.4) is 0 Å². The summed E-state index contributed by atoms with van der Waals surface area (Å²) in [6.07, 6.45) is 0. The Kier molecular flexibility index (Phi) is 4.19. The average molecular weight is 280 g/mol. The second-order valence-corrected chi connectivity index (χ2v) is 4.43. The van der Waals surface area contributed by atoms with Crippen molar-refractivity contribution < 1.29 is 18.8 Å². The van der Waals surface area contributed by atoms with E-state index in [0.717, 1.165) is 4.88 Å². The van der Waals surface area contributed by atoms with Gasteiger partial charge in [-0.3, -0.25) is 0 Å². The summed E-state index contributed by atoms with van der Waals surface area (Å²) in [6, 6.07) is 6.84. The maximum atomic E-state index is 11.2. The van der Waals surface area contributed by atoms with Gasteiger partial charge in [0.2, 0.25) is 5.76 Å². The monoisotopic (exact) mass is 280 g/mol. The number of methoxy groups -OCH3 is 1. The molecule has 2 rings (SSSR count). The third-order valence-electron chi connectivity index (χ3n) is 2.19. The number of carbonyl (C=O) groups excluding carboxylic acids is 1. The van der Waals surface area contributed by atoms with Crippen molar-refractivity contribution in [2.45, 2.75) is 6.61 Å². The van der Waals surface area contributed by atoms with E-state index in [0.29, 0.717) is 11.6 Å². The number of ether oxygens (including phenoxy) is 1. The molecule has 0 aromatic carbocycles. The fraction of sp³-hybridized carbons (Fsp3) is 0.167. The molecule has 0 fully saturated rings. The van der Waals surface area contributed by atoms with Gasteiger partial charge in [-0.15, -0.1) is 11.3 Å². The highest BCUT2D eigenvalue weighted by Crippen LogP contribution is 2.11. The first-order chi connectivity index (χ1) is 9.20. The van der Waals surface area contributed by atoms with Gasteiger partial charge in [0.15, 0.2) is 12.4 Å². The minimum atomic E-state index is -0.534. The second-order valence-electron chi connectivity index (χ2n) is 3.48. The maximum Gasteiger partial charge on any atom is 0.373 e. The lowest BCUT2D eigenvalue weighted by Crippen LogP contribution is -2.11. The fourth-order valence-electron chi connectivity index (χ4n) is 1.30. The van der Waals surface area contributed by atoms with Gasteiger partial charge in [0.05, 0.1) is 12.0 Å². The van der Waals surface area contributed by atoms with Crippen molar-refractivity contribution in [1.82, 2.24) is 0 Å². The number of amidine groups is 1. The molecule has 2 N–H and O–H groups in total. The van der Waals surface area contributed by atoms with Crippen LogP contribution in [0.1, 0.15) is 21.2 Å². The van der Waals surface area contributed by atoms with Crippen LogP contribution in [0.4, 0.5) is 0 Å². The number of nitrogens with zero attached hydrogens (tertiary/aromatic N) is 1. The van der Waals surface area contributed by atoms with Crippen LogP contribution in [0, 0.1) is 0 Å². The molecular weight excluding hydrogens is 268 g/mol. The van der Waals surface area contributed by atoms with E-state index in [1.807, 2.05) is 17.5 Å². The Morgan fingerprint density at radius 2 is 2.32 bits per heavy atom. The van der Waals surface area contributed by atoms with Crippen molar-refractivity contribution in [1.29, 1.82) is 0 Å². The Morgan fingerprint density at radius 3 is 3.00 bits per heavy atom. The summed E-state index contributed by atoms with van der Waals surface area (Å²) >= 11 is 1.47.